The molecule has 3 heteroatoms. The third-order valence-electron chi connectivity index (χ3n) is 11.4. The molecule has 0 saturated heterocycles. The summed E-state index contributed by atoms with van der Waals surface area (Å²) < 4.78 is 0. The van der Waals surface area contributed by atoms with Gasteiger partial charge in [-0.2, -0.15) is 0 Å². The summed E-state index contributed by atoms with van der Waals surface area (Å²) in [7, 11) is -1.87. The van der Waals surface area contributed by atoms with Gasteiger partial charge >= 0.3 is 0 Å². The van der Waals surface area contributed by atoms with Crippen molar-refractivity contribution in [1.29, 1.82) is 0 Å². The summed E-state index contributed by atoms with van der Waals surface area (Å²) in [5.41, 5.74) is 3.56. The van der Waals surface area contributed by atoms with Crippen LogP contribution in [0.2, 0.25) is 18.1 Å². The van der Waals surface area contributed by atoms with Crippen LogP contribution >= 0.6 is 0 Å². The minimum Gasteiger partial charge on any atom is -0.508 e. The lowest BCUT2D eigenvalue weighted by molar-refractivity contribution is -0.0464. The number of aromatic hydroxyl groups is 2. The van der Waals surface area contributed by atoms with E-state index in [1.165, 1.54) is 36.8 Å². The van der Waals surface area contributed by atoms with Gasteiger partial charge in [0.05, 0.1) is 8.07 Å². The molecule has 0 aliphatic carbocycles. The van der Waals surface area contributed by atoms with Crippen LogP contribution < -0.4 is 0 Å². The highest BCUT2D eigenvalue weighted by Crippen LogP contribution is 2.70. The van der Waals surface area contributed by atoms with Gasteiger partial charge in [0.15, 0.2) is 0 Å². The van der Waals surface area contributed by atoms with E-state index in [1.807, 2.05) is 24.3 Å². The van der Waals surface area contributed by atoms with Crippen molar-refractivity contribution >= 4 is 8.07 Å². The maximum absolute atomic E-state index is 9.90. The van der Waals surface area contributed by atoms with Gasteiger partial charge < -0.3 is 10.2 Å². The number of rotatable bonds is 13. The van der Waals surface area contributed by atoms with Gasteiger partial charge in [-0.1, -0.05) is 106 Å². The fraction of sp³-hybridized carbons (Fsp3) is 0.636. The summed E-state index contributed by atoms with van der Waals surface area (Å²) in [4.78, 5) is 0. The Morgan fingerprint density at radius 3 is 1.58 bits per heavy atom. The number of hydrogen-bond acceptors (Lipinski definition) is 2. The zero-order valence-electron chi connectivity index (χ0n) is 24.9. The molecular weight excluding hydrogens is 456 g/mol. The molecule has 0 aliphatic heterocycles. The number of benzene rings is 2. The predicted molar refractivity (Wildman–Crippen MR) is 160 cm³/mol. The van der Waals surface area contributed by atoms with Crippen LogP contribution in [0.4, 0.5) is 0 Å². The van der Waals surface area contributed by atoms with Crippen molar-refractivity contribution in [3.8, 4) is 11.5 Å². The first kappa shape index (κ1) is 30.5. The molecule has 0 heterocycles. The Labute approximate surface area is 223 Å². The van der Waals surface area contributed by atoms with Gasteiger partial charge in [0.2, 0.25) is 0 Å². The largest absolute Gasteiger partial charge is 0.508 e. The minimum absolute atomic E-state index is 0.155. The fourth-order valence-corrected chi connectivity index (χ4v) is 14.2. The molecule has 0 fully saturated rings. The Balaban J connectivity index is 2.53. The van der Waals surface area contributed by atoms with Gasteiger partial charge in [-0.05, 0) is 88.4 Å². The summed E-state index contributed by atoms with van der Waals surface area (Å²) >= 11 is 0. The lowest BCUT2D eigenvalue weighted by Crippen LogP contribution is -2.60. The summed E-state index contributed by atoms with van der Waals surface area (Å²) in [6, 6.07) is 15.8. The molecule has 2 atom stereocenters. The average Bonchev–Trinajstić information content (AvgIpc) is 2.85. The summed E-state index contributed by atoms with van der Waals surface area (Å²) in [6.07, 6.45) is 6.99. The van der Waals surface area contributed by atoms with Crippen LogP contribution in [-0.4, -0.2) is 18.3 Å². The van der Waals surface area contributed by atoms with E-state index in [2.05, 4.69) is 92.7 Å². The van der Waals surface area contributed by atoms with Crippen LogP contribution in [0.1, 0.15) is 104 Å². The Morgan fingerprint density at radius 1 is 0.722 bits per heavy atom. The number of aryl methyl sites for hydroxylation is 1. The SMILES string of the molecule is CCC(CC)(C(C)CCc1ccc(O)cc1)C(C)(C)C(CC)(CC)[Si](C)(C)C(C)c1ccc(O)cc1. The third kappa shape index (κ3) is 5.15. The molecule has 0 aliphatic rings. The molecule has 36 heavy (non-hydrogen) atoms. The number of phenolic OH excluding ortho intramolecular Hbond substituents is 2. The van der Waals surface area contributed by atoms with Gasteiger partial charge in [0, 0.05) is 0 Å². The Hall–Kier alpha value is -1.74. The van der Waals surface area contributed by atoms with Gasteiger partial charge in [-0.15, -0.1) is 0 Å². The van der Waals surface area contributed by atoms with E-state index in [-0.39, 0.29) is 15.9 Å². The number of phenols is 2. The highest BCUT2D eigenvalue weighted by atomic mass is 28.3. The lowest BCUT2D eigenvalue weighted by Gasteiger charge is -2.65. The monoisotopic (exact) mass is 510 g/mol. The topological polar surface area (TPSA) is 40.5 Å². The molecule has 2 nitrogen and oxygen atoms in total. The van der Waals surface area contributed by atoms with Crippen molar-refractivity contribution in [2.45, 2.75) is 118 Å². The van der Waals surface area contributed by atoms with E-state index < -0.39 is 8.07 Å². The number of hydrogen-bond donors (Lipinski definition) is 2. The Morgan fingerprint density at radius 2 is 1.17 bits per heavy atom. The first-order valence-electron chi connectivity index (χ1n) is 14.4. The van der Waals surface area contributed by atoms with Gasteiger partial charge in [-0.25, -0.2) is 0 Å². The van der Waals surface area contributed by atoms with Crippen molar-refractivity contribution in [1.82, 2.24) is 0 Å². The first-order chi connectivity index (χ1) is 16.8. The van der Waals surface area contributed by atoms with E-state index in [0.29, 0.717) is 23.0 Å². The Bertz CT molecular complexity index is 935. The molecule has 0 bridgehead atoms. The van der Waals surface area contributed by atoms with E-state index >= 15 is 0 Å². The normalized spacial score (nSPS) is 15.1. The average molecular weight is 511 g/mol. The maximum atomic E-state index is 9.90. The maximum Gasteiger partial charge on any atom is 0.115 e. The van der Waals surface area contributed by atoms with Crippen LogP contribution in [-0.2, 0) is 6.42 Å². The second-order valence-corrected chi connectivity index (χ2v) is 17.7. The third-order valence-corrected chi connectivity index (χ3v) is 17.7. The molecule has 0 amide bonds. The Kier molecular flexibility index (Phi) is 9.95. The second-order valence-electron chi connectivity index (χ2n) is 12.4. The minimum atomic E-state index is -1.87. The van der Waals surface area contributed by atoms with E-state index in [4.69, 9.17) is 0 Å². The van der Waals surface area contributed by atoms with E-state index in [1.54, 1.807) is 0 Å². The van der Waals surface area contributed by atoms with Gasteiger partial charge in [0.25, 0.3) is 0 Å². The van der Waals surface area contributed by atoms with Gasteiger partial charge in [0.1, 0.15) is 11.5 Å². The van der Waals surface area contributed by atoms with E-state index in [9.17, 15) is 10.2 Å². The molecule has 0 spiro atoms. The summed E-state index contributed by atoms with van der Waals surface area (Å²) in [5, 5.41) is 19.9. The molecule has 2 unspecified atom stereocenters. The van der Waals surface area contributed by atoms with Crippen molar-refractivity contribution in [2.24, 2.45) is 16.7 Å². The molecule has 0 saturated carbocycles. The van der Waals surface area contributed by atoms with Crippen molar-refractivity contribution < 1.29 is 10.2 Å². The zero-order valence-corrected chi connectivity index (χ0v) is 25.9. The van der Waals surface area contributed by atoms with Crippen LogP contribution in [0, 0.1) is 16.7 Å². The van der Waals surface area contributed by atoms with Crippen LogP contribution in [0.15, 0.2) is 48.5 Å². The molecule has 2 aromatic carbocycles. The van der Waals surface area contributed by atoms with Crippen molar-refractivity contribution in [3.63, 3.8) is 0 Å². The zero-order chi connectivity index (χ0) is 27.4. The predicted octanol–water partition coefficient (Wildman–Crippen LogP) is 10.1. The summed E-state index contributed by atoms with van der Waals surface area (Å²) in [6.45, 7) is 25.2. The highest BCUT2D eigenvalue weighted by Gasteiger charge is 2.62. The molecule has 0 aromatic heterocycles. The van der Waals surface area contributed by atoms with Crippen LogP contribution in [0.3, 0.4) is 0 Å². The first-order valence-corrected chi connectivity index (χ1v) is 17.4. The molecule has 2 N–H and O–H groups in total. The summed E-state index contributed by atoms with van der Waals surface area (Å²) in [5.74, 6) is 1.28. The van der Waals surface area contributed by atoms with Crippen LogP contribution in [0.5, 0.6) is 11.5 Å². The quantitative estimate of drug-likeness (QED) is 0.263. The van der Waals surface area contributed by atoms with Crippen LogP contribution in [0.25, 0.3) is 0 Å². The van der Waals surface area contributed by atoms with Crippen molar-refractivity contribution in [2.75, 3.05) is 0 Å². The standard InChI is InChI=1S/C33H54O2Si/c1-11-32(12-2,25(5)15-16-27-17-21-29(34)22-18-27)31(7,8)33(13-3,14-4)36(9,10)26(6)28-19-23-30(35)24-20-28/h17-26,34-35H,11-16H2,1-10H3. The highest BCUT2D eigenvalue weighted by molar-refractivity contribution is 6.81. The molecule has 2 aromatic rings. The van der Waals surface area contributed by atoms with Crippen molar-refractivity contribution in [3.05, 3.63) is 59.7 Å². The smallest absolute Gasteiger partial charge is 0.115 e. The molecule has 2 rings (SSSR count). The lowest BCUT2D eigenvalue weighted by atomic mass is 9.50. The fourth-order valence-electron chi connectivity index (χ4n) is 8.69. The second kappa shape index (κ2) is 11.8. The molecule has 202 valence electrons. The van der Waals surface area contributed by atoms with Gasteiger partial charge in [-0.3, -0.25) is 0 Å². The molecular formula is C33H54O2Si. The molecule has 0 radical (unpaired) electrons. The van der Waals surface area contributed by atoms with E-state index in [0.717, 1.165) is 12.8 Å².